The Kier molecular flexibility index (Phi) is 2.56. The quantitative estimate of drug-likeness (QED) is 0.732. The van der Waals surface area contributed by atoms with Crippen molar-refractivity contribution in [3.8, 4) is 0 Å². The lowest BCUT2D eigenvalue weighted by Gasteiger charge is -2.30. The highest BCUT2D eigenvalue weighted by Gasteiger charge is 2.30. The number of hydrogen-bond donors (Lipinski definition) is 2. The van der Waals surface area contributed by atoms with E-state index in [0.717, 1.165) is 19.3 Å². The third-order valence-electron chi connectivity index (χ3n) is 2.76. The van der Waals surface area contributed by atoms with E-state index in [-0.39, 0.29) is 16.9 Å². The van der Waals surface area contributed by atoms with Crippen molar-refractivity contribution in [2.75, 3.05) is 5.73 Å². The molecule has 1 fully saturated rings. The van der Waals surface area contributed by atoms with E-state index in [0.29, 0.717) is 5.56 Å². The highest BCUT2D eigenvalue weighted by atomic mass is 35.5. The van der Waals surface area contributed by atoms with Crippen molar-refractivity contribution in [3.05, 3.63) is 17.0 Å². The fourth-order valence-corrected chi connectivity index (χ4v) is 1.90. The molecule has 0 amide bonds. The first-order valence-electron chi connectivity index (χ1n) is 4.64. The summed E-state index contributed by atoms with van der Waals surface area (Å²) < 4.78 is 0. The molecule has 76 valence electrons. The molecule has 1 unspecified atom stereocenters. The number of aromatic nitrogens is 2. The molecule has 0 spiro atoms. The van der Waals surface area contributed by atoms with Gasteiger partial charge in [-0.25, -0.2) is 9.97 Å². The number of nitrogens with two attached hydrogens (primary N) is 1. The second kappa shape index (κ2) is 3.71. The largest absolute Gasteiger partial charge is 0.388 e. The average molecular weight is 214 g/mol. The lowest BCUT2D eigenvalue weighted by atomic mass is 9.79. The maximum absolute atomic E-state index is 9.96. The first-order chi connectivity index (χ1) is 6.70. The average Bonchev–Trinajstić information content (AvgIpc) is 2.00. The topological polar surface area (TPSA) is 72.0 Å². The molecule has 5 heteroatoms. The van der Waals surface area contributed by atoms with Crippen molar-refractivity contribution in [2.45, 2.75) is 25.4 Å². The van der Waals surface area contributed by atoms with Gasteiger partial charge < -0.3 is 10.8 Å². The maximum Gasteiger partial charge on any atom is 0.140 e. The lowest BCUT2D eigenvalue weighted by molar-refractivity contribution is 0.0622. The number of nitrogen functional groups attached to an aromatic ring is 1. The summed E-state index contributed by atoms with van der Waals surface area (Å²) in [6, 6.07) is 0. The van der Waals surface area contributed by atoms with Crippen LogP contribution in [0.5, 0.6) is 0 Å². The summed E-state index contributed by atoms with van der Waals surface area (Å²) in [4.78, 5) is 7.64. The predicted octanol–water partition coefficient (Wildman–Crippen LogP) is 1.55. The Morgan fingerprint density at radius 2 is 2.21 bits per heavy atom. The maximum atomic E-state index is 9.96. The molecule has 1 heterocycles. The SMILES string of the molecule is Nc1ncnc(Cl)c1C(O)C1CCC1. The van der Waals surface area contributed by atoms with Gasteiger partial charge in [-0.2, -0.15) is 0 Å². The smallest absolute Gasteiger partial charge is 0.140 e. The van der Waals surface area contributed by atoms with Crippen molar-refractivity contribution >= 4 is 17.4 Å². The normalized spacial score (nSPS) is 19.0. The van der Waals surface area contributed by atoms with Crippen LogP contribution in [0.1, 0.15) is 30.9 Å². The van der Waals surface area contributed by atoms with Crippen LogP contribution in [-0.2, 0) is 0 Å². The molecule has 0 bridgehead atoms. The van der Waals surface area contributed by atoms with Gasteiger partial charge in [0.15, 0.2) is 0 Å². The van der Waals surface area contributed by atoms with E-state index < -0.39 is 6.10 Å². The molecule has 3 N–H and O–H groups in total. The van der Waals surface area contributed by atoms with E-state index in [9.17, 15) is 5.11 Å². The van der Waals surface area contributed by atoms with Crippen LogP contribution in [0, 0.1) is 5.92 Å². The fraction of sp³-hybridized carbons (Fsp3) is 0.556. The van der Waals surface area contributed by atoms with E-state index in [2.05, 4.69) is 9.97 Å². The zero-order chi connectivity index (χ0) is 10.1. The molecule has 1 aliphatic rings. The predicted molar refractivity (Wildman–Crippen MR) is 53.8 cm³/mol. The Morgan fingerprint density at radius 3 is 2.71 bits per heavy atom. The Balaban J connectivity index is 2.29. The van der Waals surface area contributed by atoms with E-state index in [1.165, 1.54) is 6.33 Å². The van der Waals surface area contributed by atoms with Crippen molar-refractivity contribution in [1.82, 2.24) is 9.97 Å². The van der Waals surface area contributed by atoms with Gasteiger partial charge in [-0.1, -0.05) is 18.0 Å². The number of aliphatic hydroxyl groups is 1. The number of nitrogens with zero attached hydrogens (tertiary/aromatic N) is 2. The molecular weight excluding hydrogens is 202 g/mol. The highest BCUT2D eigenvalue weighted by molar-refractivity contribution is 6.30. The number of halogens is 1. The summed E-state index contributed by atoms with van der Waals surface area (Å²) in [6.07, 6.45) is 3.89. The van der Waals surface area contributed by atoms with Gasteiger partial charge in [0.1, 0.15) is 17.3 Å². The molecule has 0 saturated heterocycles. The summed E-state index contributed by atoms with van der Waals surface area (Å²) in [7, 11) is 0. The first kappa shape index (κ1) is 9.68. The molecule has 1 atom stereocenters. The highest BCUT2D eigenvalue weighted by Crippen LogP contribution is 2.40. The number of rotatable bonds is 2. The van der Waals surface area contributed by atoms with Crippen molar-refractivity contribution < 1.29 is 5.11 Å². The third kappa shape index (κ3) is 1.55. The van der Waals surface area contributed by atoms with Crippen LogP contribution in [0.4, 0.5) is 5.82 Å². The standard InChI is InChI=1S/C9H12ClN3O/c10-8-6(9(11)13-4-12-8)7(14)5-2-1-3-5/h4-5,7,14H,1-3H2,(H2,11,12,13). The Morgan fingerprint density at radius 1 is 1.50 bits per heavy atom. The minimum absolute atomic E-state index is 0.261. The lowest BCUT2D eigenvalue weighted by Crippen LogP contribution is -2.21. The van der Waals surface area contributed by atoms with Crippen molar-refractivity contribution in [1.29, 1.82) is 0 Å². The van der Waals surface area contributed by atoms with Gasteiger partial charge in [0.25, 0.3) is 0 Å². The molecule has 1 aliphatic carbocycles. The zero-order valence-electron chi connectivity index (χ0n) is 7.65. The minimum Gasteiger partial charge on any atom is -0.388 e. The number of aliphatic hydroxyl groups excluding tert-OH is 1. The van der Waals surface area contributed by atoms with E-state index in [1.54, 1.807) is 0 Å². The van der Waals surface area contributed by atoms with Crippen LogP contribution in [0.2, 0.25) is 5.15 Å². The molecule has 14 heavy (non-hydrogen) atoms. The van der Waals surface area contributed by atoms with E-state index in [1.807, 2.05) is 0 Å². The Labute approximate surface area is 87.1 Å². The Bertz CT molecular complexity index is 321. The second-order valence-electron chi connectivity index (χ2n) is 3.60. The van der Waals surface area contributed by atoms with Crippen molar-refractivity contribution in [3.63, 3.8) is 0 Å². The fourth-order valence-electron chi connectivity index (χ4n) is 1.65. The third-order valence-corrected chi connectivity index (χ3v) is 3.06. The molecule has 4 nitrogen and oxygen atoms in total. The summed E-state index contributed by atoms with van der Waals surface area (Å²) in [5, 5.41) is 10.2. The Hall–Kier alpha value is -0.870. The molecule has 0 radical (unpaired) electrons. The molecule has 0 aliphatic heterocycles. The van der Waals surface area contributed by atoms with Crippen LogP contribution >= 0.6 is 11.6 Å². The first-order valence-corrected chi connectivity index (χ1v) is 5.02. The van der Waals surface area contributed by atoms with Gasteiger partial charge >= 0.3 is 0 Å². The molecule has 2 rings (SSSR count). The van der Waals surface area contributed by atoms with E-state index in [4.69, 9.17) is 17.3 Å². The second-order valence-corrected chi connectivity index (χ2v) is 3.96. The molecule has 1 aromatic heterocycles. The van der Waals surface area contributed by atoms with Gasteiger partial charge in [-0.3, -0.25) is 0 Å². The van der Waals surface area contributed by atoms with Gasteiger partial charge in [-0.15, -0.1) is 0 Å². The number of hydrogen-bond acceptors (Lipinski definition) is 4. The van der Waals surface area contributed by atoms with Crippen LogP contribution < -0.4 is 5.73 Å². The zero-order valence-corrected chi connectivity index (χ0v) is 8.41. The summed E-state index contributed by atoms with van der Waals surface area (Å²) in [5.41, 5.74) is 6.13. The molecule has 0 aromatic carbocycles. The number of anilines is 1. The van der Waals surface area contributed by atoms with Gasteiger partial charge in [0.2, 0.25) is 0 Å². The summed E-state index contributed by atoms with van der Waals surface area (Å²) in [5.74, 6) is 0.546. The summed E-state index contributed by atoms with van der Waals surface area (Å²) in [6.45, 7) is 0. The van der Waals surface area contributed by atoms with Gasteiger partial charge in [-0.05, 0) is 18.8 Å². The van der Waals surface area contributed by atoms with Crippen LogP contribution in [0.25, 0.3) is 0 Å². The van der Waals surface area contributed by atoms with Gasteiger partial charge in [0.05, 0.1) is 11.7 Å². The molecule has 1 saturated carbocycles. The van der Waals surface area contributed by atoms with Crippen LogP contribution in [0.15, 0.2) is 6.33 Å². The molecule has 1 aromatic rings. The van der Waals surface area contributed by atoms with Gasteiger partial charge in [0, 0.05) is 0 Å². The molecular formula is C9H12ClN3O. The van der Waals surface area contributed by atoms with E-state index >= 15 is 0 Å². The van der Waals surface area contributed by atoms with Crippen LogP contribution in [0.3, 0.4) is 0 Å². The summed E-state index contributed by atoms with van der Waals surface area (Å²) >= 11 is 5.86. The monoisotopic (exact) mass is 213 g/mol. The minimum atomic E-state index is -0.613. The van der Waals surface area contributed by atoms with Crippen molar-refractivity contribution in [2.24, 2.45) is 5.92 Å². The van der Waals surface area contributed by atoms with Crippen LogP contribution in [-0.4, -0.2) is 15.1 Å².